The van der Waals surface area contributed by atoms with Crippen molar-refractivity contribution in [1.29, 1.82) is 0 Å². The van der Waals surface area contributed by atoms with Crippen molar-refractivity contribution in [3.63, 3.8) is 0 Å². The van der Waals surface area contributed by atoms with Crippen molar-refractivity contribution in [1.82, 2.24) is 4.98 Å². The lowest BCUT2D eigenvalue weighted by atomic mass is 10.2. The molecule has 0 saturated heterocycles. The average molecular weight is 307 g/mol. The Morgan fingerprint density at radius 2 is 2.17 bits per heavy atom. The predicted octanol–water partition coefficient (Wildman–Crippen LogP) is 3.15. The summed E-state index contributed by atoms with van der Waals surface area (Å²) < 4.78 is 0.557. The molecule has 18 heavy (non-hydrogen) atoms. The first-order valence-corrected chi connectivity index (χ1v) is 6.13. The van der Waals surface area contributed by atoms with E-state index in [9.17, 15) is 4.79 Å². The molecule has 0 fully saturated rings. The SMILES string of the molecule is O=C(O)c1ccc(NCc2ccccn2)cc1Br. The molecule has 0 bridgehead atoms. The Labute approximate surface area is 113 Å². The first-order chi connectivity index (χ1) is 8.66. The van der Waals surface area contributed by atoms with E-state index in [4.69, 9.17) is 5.11 Å². The number of nitrogens with zero attached hydrogens (tertiary/aromatic N) is 1. The average Bonchev–Trinajstić information content (AvgIpc) is 2.37. The summed E-state index contributed by atoms with van der Waals surface area (Å²) in [5.41, 5.74) is 2.02. The maximum atomic E-state index is 10.9. The zero-order valence-electron chi connectivity index (χ0n) is 9.43. The van der Waals surface area contributed by atoms with Crippen molar-refractivity contribution in [2.45, 2.75) is 6.54 Å². The third-order valence-electron chi connectivity index (χ3n) is 2.40. The topological polar surface area (TPSA) is 62.2 Å². The van der Waals surface area contributed by atoms with Crippen LogP contribution in [-0.2, 0) is 6.54 Å². The molecular weight excluding hydrogens is 296 g/mol. The van der Waals surface area contributed by atoms with Gasteiger partial charge in [0.1, 0.15) is 0 Å². The third-order valence-corrected chi connectivity index (χ3v) is 3.06. The number of aromatic carboxylic acids is 1. The van der Waals surface area contributed by atoms with Gasteiger partial charge in [-0.05, 0) is 46.3 Å². The van der Waals surface area contributed by atoms with Gasteiger partial charge in [0.25, 0.3) is 0 Å². The Balaban J connectivity index is 2.07. The number of benzene rings is 1. The summed E-state index contributed by atoms with van der Waals surface area (Å²) >= 11 is 3.24. The molecule has 2 N–H and O–H groups in total. The third kappa shape index (κ3) is 3.07. The van der Waals surface area contributed by atoms with E-state index in [1.165, 1.54) is 0 Å². The normalized spacial score (nSPS) is 10.1. The molecule has 5 heteroatoms. The van der Waals surface area contributed by atoms with Crippen molar-refractivity contribution in [2.24, 2.45) is 0 Å². The lowest BCUT2D eigenvalue weighted by molar-refractivity contribution is 0.0696. The highest BCUT2D eigenvalue weighted by Crippen LogP contribution is 2.21. The van der Waals surface area contributed by atoms with Gasteiger partial charge >= 0.3 is 5.97 Å². The second kappa shape index (κ2) is 5.64. The summed E-state index contributed by atoms with van der Waals surface area (Å²) in [6.07, 6.45) is 1.74. The van der Waals surface area contributed by atoms with Crippen LogP contribution >= 0.6 is 15.9 Å². The largest absolute Gasteiger partial charge is 0.478 e. The number of hydrogen-bond donors (Lipinski definition) is 2. The summed E-state index contributed by atoms with van der Waals surface area (Å²) in [7, 11) is 0. The lowest BCUT2D eigenvalue weighted by Crippen LogP contribution is -2.03. The number of pyridine rings is 1. The summed E-state index contributed by atoms with van der Waals surface area (Å²) in [6.45, 7) is 0.597. The zero-order valence-corrected chi connectivity index (χ0v) is 11.0. The molecule has 2 rings (SSSR count). The van der Waals surface area contributed by atoms with E-state index in [1.54, 1.807) is 24.4 Å². The minimum absolute atomic E-state index is 0.249. The molecule has 4 nitrogen and oxygen atoms in total. The second-order valence-corrected chi connectivity index (χ2v) is 4.53. The molecule has 0 radical (unpaired) electrons. The summed E-state index contributed by atoms with van der Waals surface area (Å²) in [6, 6.07) is 10.7. The van der Waals surface area contributed by atoms with E-state index in [2.05, 4.69) is 26.2 Å². The molecule has 1 aromatic heterocycles. The maximum absolute atomic E-state index is 10.9. The molecule has 0 spiro atoms. The van der Waals surface area contributed by atoms with Crippen LogP contribution in [0.2, 0.25) is 0 Å². The minimum Gasteiger partial charge on any atom is -0.478 e. The van der Waals surface area contributed by atoms with Crippen molar-refractivity contribution in [2.75, 3.05) is 5.32 Å². The Hall–Kier alpha value is -1.88. The number of rotatable bonds is 4. The minimum atomic E-state index is -0.946. The van der Waals surface area contributed by atoms with Crippen LogP contribution < -0.4 is 5.32 Å². The Morgan fingerprint density at radius 3 is 2.78 bits per heavy atom. The fourth-order valence-electron chi connectivity index (χ4n) is 1.49. The standard InChI is InChI=1S/C13H11BrN2O2/c14-12-7-9(4-5-11(12)13(17)18)16-8-10-3-1-2-6-15-10/h1-7,16H,8H2,(H,17,18). The number of carboxylic acid groups (broad SMARTS) is 1. The molecule has 0 saturated carbocycles. The molecule has 2 aromatic rings. The van der Waals surface area contributed by atoms with Gasteiger partial charge in [0.05, 0.1) is 17.8 Å². The number of halogens is 1. The molecule has 1 aromatic carbocycles. The highest BCUT2D eigenvalue weighted by Gasteiger charge is 2.08. The molecule has 92 valence electrons. The van der Waals surface area contributed by atoms with Gasteiger partial charge in [-0.3, -0.25) is 4.98 Å². The predicted molar refractivity (Wildman–Crippen MR) is 72.7 cm³/mol. The number of anilines is 1. The molecule has 0 atom stereocenters. The number of hydrogen-bond acceptors (Lipinski definition) is 3. The Kier molecular flexibility index (Phi) is 3.94. The quantitative estimate of drug-likeness (QED) is 0.911. The molecule has 0 aliphatic carbocycles. The van der Waals surface area contributed by atoms with E-state index in [0.717, 1.165) is 11.4 Å². The smallest absolute Gasteiger partial charge is 0.336 e. The van der Waals surface area contributed by atoms with Crippen molar-refractivity contribution < 1.29 is 9.90 Å². The van der Waals surface area contributed by atoms with Gasteiger partial charge in [-0.15, -0.1) is 0 Å². The summed E-state index contributed by atoms with van der Waals surface area (Å²) in [5.74, 6) is -0.946. The maximum Gasteiger partial charge on any atom is 0.336 e. The van der Waals surface area contributed by atoms with Crippen LogP contribution in [-0.4, -0.2) is 16.1 Å². The van der Waals surface area contributed by atoms with E-state index >= 15 is 0 Å². The molecule has 0 amide bonds. The first kappa shape index (κ1) is 12.6. The second-order valence-electron chi connectivity index (χ2n) is 3.67. The van der Waals surface area contributed by atoms with Gasteiger partial charge in [0.15, 0.2) is 0 Å². The van der Waals surface area contributed by atoms with Gasteiger partial charge in [0.2, 0.25) is 0 Å². The van der Waals surface area contributed by atoms with Gasteiger partial charge in [-0.1, -0.05) is 6.07 Å². The molecular formula is C13H11BrN2O2. The molecule has 0 aliphatic heterocycles. The number of carboxylic acids is 1. The van der Waals surface area contributed by atoms with E-state index in [0.29, 0.717) is 11.0 Å². The number of nitrogens with one attached hydrogen (secondary N) is 1. The van der Waals surface area contributed by atoms with Gasteiger partial charge in [0, 0.05) is 16.4 Å². The van der Waals surface area contributed by atoms with Crippen molar-refractivity contribution >= 4 is 27.6 Å². The monoisotopic (exact) mass is 306 g/mol. The van der Waals surface area contributed by atoms with Crippen molar-refractivity contribution in [3.05, 3.63) is 58.3 Å². The zero-order chi connectivity index (χ0) is 13.0. The van der Waals surface area contributed by atoms with E-state index in [-0.39, 0.29) is 5.56 Å². The molecule has 0 aliphatic rings. The van der Waals surface area contributed by atoms with Crippen LogP contribution in [0.15, 0.2) is 47.1 Å². The van der Waals surface area contributed by atoms with E-state index in [1.807, 2.05) is 18.2 Å². The number of aromatic nitrogens is 1. The van der Waals surface area contributed by atoms with Crippen molar-refractivity contribution in [3.8, 4) is 0 Å². The van der Waals surface area contributed by atoms with Crippen LogP contribution in [0.4, 0.5) is 5.69 Å². The van der Waals surface area contributed by atoms with Crippen LogP contribution in [0.25, 0.3) is 0 Å². The fourth-order valence-corrected chi connectivity index (χ4v) is 2.04. The summed E-state index contributed by atoms with van der Waals surface area (Å²) in [4.78, 5) is 15.0. The first-order valence-electron chi connectivity index (χ1n) is 5.33. The van der Waals surface area contributed by atoms with Gasteiger partial charge < -0.3 is 10.4 Å². The lowest BCUT2D eigenvalue weighted by Gasteiger charge is -2.07. The van der Waals surface area contributed by atoms with Gasteiger partial charge in [-0.25, -0.2) is 4.79 Å². The summed E-state index contributed by atoms with van der Waals surface area (Å²) in [5, 5.41) is 12.1. The van der Waals surface area contributed by atoms with Gasteiger partial charge in [-0.2, -0.15) is 0 Å². The molecule has 0 unspecified atom stereocenters. The number of carbonyl (C=O) groups is 1. The fraction of sp³-hybridized carbons (Fsp3) is 0.0769. The van der Waals surface area contributed by atoms with E-state index < -0.39 is 5.97 Å². The highest BCUT2D eigenvalue weighted by atomic mass is 79.9. The Morgan fingerprint density at radius 1 is 1.33 bits per heavy atom. The van der Waals surface area contributed by atoms with Crippen LogP contribution in [0, 0.1) is 0 Å². The van der Waals surface area contributed by atoms with Crippen LogP contribution in [0.5, 0.6) is 0 Å². The van der Waals surface area contributed by atoms with Crippen LogP contribution in [0.1, 0.15) is 16.1 Å². The highest BCUT2D eigenvalue weighted by molar-refractivity contribution is 9.10. The molecule has 1 heterocycles. The Bertz CT molecular complexity index is 558. The van der Waals surface area contributed by atoms with Crippen LogP contribution in [0.3, 0.4) is 0 Å².